The van der Waals surface area contributed by atoms with Gasteiger partial charge in [-0.05, 0) is 30.0 Å². The van der Waals surface area contributed by atoms with E-state index in [1.165, 1.54) is 4.31 Å². The maximum atomic E-state index is 12.0. The van der Waals surface area contributed by atoms with Gasteiger partial charge in [0.2, 0.25) is 10.0 Å². The summed E-state index contributed by atoms with van der Waals surface area (Å²) in [6.45, 7) is 4.32. The monoisotopic (exact) mass is 347 g/mol. The minimum absolute atomic E-state index is 0.343. The summed E-state index contributed by atoms with van der Waals surface area (Å²) in [5, 5.41) is 0. The van der Waals surface area contributed by atoms with Crippen molar-refractivity contribution in [2.45, 2.75) is 42.3 Å². The van der Waals surface area contributed by atoms with E-state index >= 15 is 0 Å². The van der Waals surface area contributed by atoms with E-state index in [0.717, 1.165) is 18.4 Å². The third-order valence-corrected chi connectivity index (χ3v) is 6.37. The summed E-state index contributed by atoms with van der Waals surface area (Å²) in [5.74, 6) is 0.371. The lowest BCUT2D eigenvalue weighted by Crippen LogP contribution is -2.22. The zero-order chi connectivity index (χ0) is 14.6. The molecule has 19 heavy (non-hydrogen) atoms. The van der Waals surface area contributed by atoms with Crippen LogP contribution in [0.15, 0.2) is 29.2 Å². The molecule has 0 amide bonds. The van der Waals surface area contributed by atoms with Crippen LogP contribution in [0.2, 0.25) is 0 Å². The molecule has 2 unspecified atom stereocenters. The van der Waals surface area contributed by atoms with Crippen molar-refractivity contribution in [2.24, 2.45) is 0 Å². The number of hydrogen-bond acceptors (Lipinski definition) is 2. The Labute approximate surface area is 125 Å². The molecule has 0 saturated carbocycles. The predicted molar refractivity (Wildman–Crippen MR) is 83.4 cm³/mol. The molecule has 1 rings (SSSR count). The largest absolute Gasteiger partial charge is 0.242 e. The zero-order valence-corrected chi connectivity index (χ0v) is 14.3. The van der Waals surface area contributed by atoms with Gasteiger partial charge in [-0.1, -0.05) is 48.3 Å². The van der Waals surface area contributed by atoms with Gasteiger partial charge in [-0.25, -0.2) is 12.7 Å². The van der Waals surface area contributed by atoms with Crippen molar-refractivity contribution in [1.29, 1.82) is 0 Å². The molecule has 0 aliphatic heterocycles. The molecular formula is C14H22BrNO2S. The fourth-order valence-corrected chi connectivity index (χ4v) is 3.55. The van der Waals surface area contributed by atoms with Gasteiger partial charge in [0.1, 0.15) is 0 Å². The molecule has 5 heteroatoms. The molecule has 0 spiro atoms. The topological polar surface area (TPSA) is 37.4 Å². The quantitative estimate of drug-likeness (QED) is 0.737. The number of benzene rings is 1. The van der Waals surface area contributed by atoms with Gasteiger partial charge in [0.05, 0.1) is 4.90 Å². The Morgan fingerprint density at radius 2 is 1.74 bits per heavy atom. The molecule has 1 aromatic rings. The van der Waals surface area contributed by atoms with Crippen LogP contribution in [0.1, 0.15) is 38.2 Å². The van der Waals surface area contributed by atoms with Gasteiger partial charge >= 0.3 is 0 Å². The lowest BCUT2D eigenvalue weighted by molar-refractivity contribution is 0.520. The Bertz CT molecular complexity index is 497. The third-order valence-electron chi connectivity index (χ3n) is 3.29. The van der Waals surface area contributed by atoms with Gasteiger partial charge in [0.25, 0.3) is 0 Å². The van der Waals surface area contributed by atoms with Crippen LogP contribution in [0.4, 0.5) is 0 Å². The number of rotatable bonds is 6. The Kier molecular flexibility index (Phi) is 6.02. The summed E-state index contributed by atoms with van der Waals surface area (Å²) in [5.41, 5.74) is 1.16. The van der Waals surface area contributed by atoms with Crippen molar-refractivity contribution in [3.63, 3.8) is 0 Å². The van der Waals surface area contributed by atoms with Crippen molar-refractivity contribution in [3.05, 3.63) is 29.8 Å². The summed E-state index contributed by atoms with van der Waals surface area (Å²) in [7, 11) is -0.242. The van der Waals surface area contributed by atoms with Crippen molar-refractivity contribution in [2.75, 3.05) is 14.1 Å². The van der Waals surface area contributed by atoms with E-state index in [4.69, 9.17) is 0 Å². The van der Waals surface area contributed by atoms with Crippen LogP contribution in [0.5, 0.6) is 0 Å². The molecule has 0 bridgehead atoms. The van der Waals surface area contributed by atoms with Crippen LogP contribution < -0.4 is 0 Å². The first-order valence-corrected chi connectivity index (χ1v) is 8.82. The van der Waals surface area contributed by atoms with E-state index in [1.807, 2.05) is 12.1 Å². The number of nitrogens with zero attached hydrogens (tertiary/aromatic N) is 1. The molecule has 2 atom stereocenters. The lowest BCUT2D eigenvalue weighted by Gasteiger charge is -2.19. The summed E-state index contributed by atoms with van der Waals surface area (Å²) < 4.78 is 25.2. The first-order chi connectivity index (χ1) is 8.80. The average molecular weight is 348 g/mol. The molecule has 108 valence electrons. The Morgan fingerprint density at radius 3 is 2.16 bits per heavy atom. The van der Waals surface area contributed by atoms with Gasteiger partial charge in [0, 0.05) is 18.9 Å². The minimum atomic E-state index is -3.33. The van der Waals surface area contributed by atoms with Crippen molar-refractivity contribution in [1.82, 2.24) is 4.31 Å². The molecule has 0 aliphatic carbocycles. The van der Waals surface area contributed by atoms with Gasteiger partial charge in [0.15, 0.2) is 0 Å². The van der Waals surface area contributed by atoms with E-state index in [1.54, 1.807) is 26.2 Å². The molecule has 0 aromatic heterocycles. The van der Waals surface area contributed by atoms with Crippen molar-refractivity contribution >= 4 is 26.0 Å². The minimum Gasteiger partial charge on any atom is -0.207 e. The van der Waals surface area contributed by atoms with Crippen LogP contribution in [0.3, 0.4) is 0 Å². The molecule has 0 N–H and O–H groups in total. The number of hydrogen-bond donors (Lipinski definition) is 0. The highest BCUT2D eigenvalue weighted by atomic mass is 79.9. The zero-order valence-electron chi connectivity index (χ0n) is 11.9. The van der Waals surface area contributed by atoms with Crippen LogP contribution in [-0.2, 0) is 10.0 Å². The van der Waals surface area contributed by atoms with Gasteiger partial charge in [-0.2, -0.15) is 0 Å². The van der Waals surface area contributed by atoms with Crippen LogP contribution in [0, 0.1) is 0 Å². The van der Waals surface area contributed by atoms with E-state index in [-0.39, 0.29) is 0 Å². The first kappa shape index (κ1) is 16.7. The maximum Gasteiger partial charge on any atom is 0.242 e. The van der Waals surface area contributed by atoms with E-state index < -0.39 is 10.0 Å². The smallest absolute Gasteiger partial charge is 0.207 e. The summed E-state index contributed by atoms with van der Waals surface area (Å²) in [4.78, 5) is 0.767. The average Bonchev–Trinajstić information content (AvgIpc) is 2.38. The molecule has 0 heterocycles. The molecule has 1 aromatic carbocycles. The molecule has 3 nitrogen and oxygen atoms in total. The number of halogens is 1. The first-order valence-electron chi connectivity index (χ1n) is 6.47. The highest BCUT2D eigenvalue weighted by molar-refractivity contribution is 9.09. The molecule has 0 aliphatic rings. The summed E-state index contributed by atoms with van der Waals surface area (Å²) >= 11 is 3.69. The standard InChI is InChI=1S/C14H22BrNO2S/c1-5-6-14(15)11(2)12-7-9-13(10-8-12)19(17,18)16(3)4/h7-11,14H,5-6H2,1-4H3. The van der Waals surface area contributed by atoms with E-state index in [9.17, 15) is 8.42 Å². The predicted octanol–water partition coefficient (Wildman–Crippen LogP) is 3.60. The fraction of sp³-hybridized carbons (Fsp3) is 0.571. The maximum absolute atomic E-state index is 12.0. The fourth-order valence-electron chi connectivity index (χ4n) is 1.89. The summed E-state index contributed by atoms with van der Waals surface area (Å²) in [6.07, 6.45) is 2.24. The van der Waals surface area contributed by atoms with Crippen molar-refractivity contribution < 1.29 is 8.42 Å². The Morgan fingerprint density at radius 1 is 1.21 bits per heavy atom. The van der Waals surface area contributed by atoms with E-state index in [0.29, 0.717) is 15.6 Å². The number of sulfonamides is 1. The highest BCUT2D eigenvalue weighted by Gasteiger charge is 2.19. The normalized spacial score (nSPS) is 15.5. The second-order valence-electron chi connectivity index (χ2n) is 4.95. The number of alkyl halides is 1. The van der Waals surface area contributed by atoms with Gasteiger partial charge < -0.3 is 0 Å². The van der Waals surface area contributed by atoms with Crippen LogP contribution >= 0.6 is 15.9 Å². The van der Waals surface area contributed by atoms with Crippen LogP contribution in [0.25, 0.3) is 0 Å². The third kappa shape index (κ3) is 4.04. The Hall–Kier alpha value is -0.390. The second-order valence-corrected chi connectivity index (χ2v) is 8.28. The Balaban J connectivity index is 2.94. The molecular weight excluding hydrogens is 326 g/mol. The molecule has 0 radical (unpaired) electrons. The second kappa shape index (κ2) is 6.86. The molecule has 0 fully saturated rings. The summed E-state index contributed by atoms with van der Waals surface area (Å²) in [6, 6.07) is 7.19. The van der Waals surface area contributed by atoms with Crippen molar-refractivity contribution in [3.8, 4) is 0 Å². The van der Waals surface area contributed by atoms with Crippen LogP contribution in [-0.4, -0.2) is 31.6 Å². The lowest BCUT2D eigenvalue weighted by atomic mass is 9.95. The SMILES string of the molecule is CCCC(Br)C(C)c1ccc(S(=O)(=O)N(C)C)cc1. The van der Waals surface area contributed by atoms with Gasteiger partial charge in [-0.15, -0.1) is 0 Å². The van der Waals surface area contributed by atoms with E-state index in [2.05, 4.69) is 29.8 Å². The highest BCUT2D eigenvalue weighted by Crippen LogP contribution is 2.28. The molecule has 0 saturated heterocycles. The van der Waals surface area contributed by atoms with Gasteiger partial charge in [-0.3, -0.25) is 0 Å².